The fourth-order valence-corrected chi connectivity index (χ4v) is 4.05. The Morgan fingerprint density at radius 3 is 2.65 bits per heavy atom. The van der Waals surface area contributed by atoms with E-state index in [1.165, 1.54) is 0 Å². The Bertz CT molecular complexity index is 1240. The maximum atomic E-state index is 11.9. The van der Waals surface area contributed by atoms with Crippen LogP contribution < -0.4 is 10.1 Å². The summed E-state index contributed by atoms with van der Waals surface area (Å²) >= 11 is 12.5. The predicted molar refractivity (Wildman–Crippen MR) is 124 cm³/mol. The molecule has 0 unspecified atom stereocenters. The molecule has 0 aliphatic heterocycles. The van der Waals surface area contributed by atoms with Gasteiger partial charge in [-0.2, -0.15) is 5.10 Å². The highest BCUT2D eigenvalue weighted by Gasteiger charge is 2.18. The number of amides is 1. The largest absolute Gasteiger partial charge is 0.486 e. The highest BCUT2D eigenvalue weighted by molar-refractivity contribution is 6.35. The summed E-state index contributed by atoms with van der Waals surface area (Å²) in [5.41, 5.74) is 3.78. The topological polar surface area (TPSA) is 79.9 Å². The fourth-order valence-electron chi connectivity index (χ4n) is 3.38. The van der Waals surface area contributed by atoms with Crippen molar-refractivity contribution in [1.82, 2.24) is 15.2 Å². The van der Waals surface area contributed by atoms with Gasteiger partial charge in [-0.25, -0.2) is 0 Å². The SMILES string of the molecule is CCC(=O)Nc1ccccc1-c1n[nH]c2ccc(O[C@H](C)c3c(Cl)cncc3Cl)cc12. The monoisotopic (exact) mass is 454 g/mol. The van der Waals surface area contributed by atoms with Gasteiger partial charge in [-0.15, -0.1) is 0 Å². The van der Waals surface area contributed by atoms with Gasteiger partial charge in [0.25, 0.3) is 0 Å². The number of aromatic amines is 1. The first-order valence-electron chi connectivity index (χ1n) is 9.80. The van der Waals surface area contributed by atoms with Gasteiger partial charge in [0.05, 0.1) is 21.2 Å². The van der Waals surface area contributed by atoms with Gasteiger partial charge in [0.2, 0.25) is 5.91 Å². The highest BCUT2D eigenvalue weighted by atomic mass is 35.5. The van der Waals surface area contributed by atoms with Crippen LogP contribution in [0.5, 0.6) is 5.75 Å². The molecule has 1 amide bonds. The molecule has 158 valence electrons. The lowest BCUT2D eigenvalue weighted by Gasteiger charge is -2.17. The number of nitrogens with one attached hydrogen (secondary N) is 2. The first-order chi connectivity index (χ1) is 15.0. The maximum absolute atomic E-state index is 11.9. The molecule has 0 spiro atoms. The van der Waals surface area contributed by atoms with Gasteiger partial charge in [-0.05, 0) is 31.2 Å². The van der Waals surface area contributed by atoms with Crippen molar-refractivity contribution in [1.29, 1.82) is 0 Å². The number of rotatable bonds is 6. The summed E-state index contributed by atoms with van der Waals surface area (Å²) in [6.07, 6.45) is 3.10. The Hall–Kier alpha value is -3.09. The fraction of sp³-hybridized carbons (Fsp3) is 0.174. The second-order valence-electron chi connectivity index (χ2n) is 7.00. The van der Waals surface area contributed by atoms with Gasteiger partial charge < -0.3 is 10.1 Å². The van der Waals surface area contributed by atoms with E-state index in [-0.39, 0.29) is 12.0 Å². The van der Waals surface area contributed by atoms with Crippen molar-refractivity contribution in [3.63, 3.8) is 0 Å². The molecule has 0 aliphatic rings. The molecule has 6 nitrogen and oxygen atoms in total. The molecule has 4 aromatic rings. The number of fused-ring (bicyclic) bond motifs is 1. The summed E-state index contributed by atoms with van der Waals surface area (Å²) < 4.78 is 6.13. The molecule has 2 N–H and O–H groups in total. The molecule has 31 heavy (non-hydrogen) atoms. The Morgan fingerprint density at radius 2 is 1.90 bits per heavy atom. The van der Waals surface area contributed by atoms with Crippen molar-refractivity contribution in [3.05, 3.63) is 70.5 Å². The molecule has 0 aliphatic carbocycles. The van der Waals surface area contributed by atoms with Crippen LogP contribution in [-0.2, 0) is 4.79 Å². The van der Waals surface area contributed by atoms with Crippen molar-refractivity contribution < 1.29 is 9.53 Å². The zero-order valence-corrected chi connectivity index (χ0v) is 18.5. The van der Waals surface area contributed by atoms with E-state index in [0.717, 1.165) is 22.2 Å². The Kier molecular flexibility index (Phi) is 6.11. The summed E-state index contributed by atoms with van der Waals surface area (Å²) in [5, 5.41) is 12.2. The quantitative estimate of drug-likeness (QED) is 0.352. The number of hydrogen-bond donors (Lipinski definition) is 2. The smallest absolute Gasteiger partial charge is 0.224 e. The van der Waals surface area contributed by atoms with Crippen LogP contribution in [0, 0.1) is 0 Å². The number of benzene rings is 2. The molecule has 2 heterocycles. The summed E-state index contributed by atoms with van der Waals surface area (Å²) in [4.78, 5) is 15.9. The molecule has 0 radical (unpaired) electrons. The molecule has 8 heteroatoms. The van der Waals surface area contributed by atoms with Crippen LogP contribution in [0.3, 0.4) is 0 Å². The molecule has 0 bridgehead atoms. The van der Waals surface area contributed by atoms with Gasteiger partial charge in [-0.3, -0.25) is 14.9 Å². The van der Waals surface area contributed by atoms with Crippen LogP contribution in [0.2, 0.25) is 10.0 Å². The number of carbonyl (C=O) groups is 1. The maximum Gasteiger partial charge on any atom is 0.224 e. The van der Waals surface area contributed by atoms with E-state index in [0.29, 0.717) is 33.5 Å². The molecule has 2 aromatic carbocycles. The zero-order valence-electron chi connectivity index (χ0n) is 16.9. The predicted octanol–water partition coefficient (Wildman–Crippen LogP) is 6.42. The number of nitrogens with zero attached hydrogens (tertiary/aromatic N) is 2. The number of anilines is 1. The molecule has 1 atom stereocenters. The minimum Gasteiger partial charge on any atom is -0.486 e. The Balaban J connectivity index is 1.70. The Labute approximate surface area is 189 Å². The van der Waals surface area contributed by atoms with Crippen LogP contribution in [0.4, 0.5) is 5.69 Å². The number of pyridine rings is 1. The summed E-state index contributed by atoms with van der Waals surface area (Å²) in [6.45, 7) is 3.69. The van der Waals surface area contributed by atoms with E-state index < -0.39 is 0 Å². The minimum atomic E-state index is -0.382. The summed E-state index contributed by atoms with van der Waals surface area (Å²) in [7, 11) is 0. The Morgan fingerprint density at radius 1 is 1.16 bits per heavy atom. The minimum absolute atomic E-state index is 0.0590. The third-order valence-electron chi connectivity index (χ3n) is 4.92. The van der Waals surface area contributed by atoms with Crippen LogP contribution in [-0.4, -0.2) is 21.1 Å². The second-order valence-corrected chi connectivity index (χ2v) is 7.82. The summed E-state index contributed by atoms with van der Waals surface area (Å²) in [5.74, 6) is 0.581. The van der Waals surface area contributed by atoms with Gasteiger partial charge >= 0.3 is 0 Å². The molecule has 2 aromatic heterocycles. The van der Waals surface area contributed by atoms with Gasteiger partial charge in [0.15, 0.2) is 0 Å². The highest BCUT2D eigenvalue weighted by Crippen LogP contribution is 2.36. The second kappa shape index (κ2) is 8.96. The van der Waals surface area contributed by atoms with Crippen LogP contribution >= 0.6 is 23.2 Å². The number of aromatic nitrogens is 3. The average Bonchev–Trinajstić information content (AvgIpc) is 3.17. The lowest BCUT2D eigenvalue weighted by atomic mass is 10.1. The standard InChI is InChI=1S/C23H20Cl2N4O2/c1-3-21(30)27-19-7-5-4-6-15(19)23-16-10-14(8-9-20(16)28-29-23)31-13(2)22-17(24)11-26-12-18(22)25/h4-13H,3H2,1-2H3,(H,27,30)(H,28,29)/t13-/m1/s1. The first kappa shape index (κ1) is 21.2. The summed E-state index contributed by atoms with van der Waals surface area (Å²) in [6, 6.07) is 13.2. The normalized spacial score (nSPS) is 12.0. The number of halogens is 2. The molecular formula is C23H20Cl2N4O2. The number of ether oxygens (including phenoxy) is 1. The van der Waals surface area contributed by atoms with Crippen LogP contribution in [0.25, 0.3) is 22.2 Å². The van der Waals surface area contributed by atoms with E-state index in [4.69, 9.17) is 27.9 Å². The first-order valence-corrected chi connectivity index (χ1v) is 10.6. The molecule has 0 saturated heterocycles. The van der Waals surface area contributed by atoms with E-state index in [1.807, 2.05) is 56.3 Å². The lowest BCUT2D eigenvalue weighted by molar-refractivity contribution is -0.115. The third kappa shape index (κ3) is 4.36. The van der Waals surface area contributed by atoms with E-state index in [9.17, 15) is 4.79 Å². The molecule has 0 saturated carbocycles. The van der Waals surface area contributed by atoms with Gasteiger partial charge in [0.1, 0.15) is 17.5 Å². The van der Waals surface area contributed by atoms with E-state index >= 15 is 0 Å². The van der Waals surface area contributed by atoms with Gasteiger partial charge in [0, 0.05) is 35.3 Å². The third-order valence-corrected chi connectivity index (χ3v) is 5.52. The molecule has 0 fully saturated rings. The van der Waals surface area contributed by atoms with Crippen molar-refractivity contribution in [3.8, 4) is 17.0 Å². The van der Waals surface area contributed by atoms with Gasteiger partial charge in [-0.1, -0.05) is 48.3 Å². The van der Waals surface area contributed by atoms with Crippen molar-refractivity contribution >= 4 is 45.7 Å². The van der Waals surface area contributed by atoms with Crippen LogP contribution in [0.1, 0.15) is 31.9 Å². The van der Waals surface area contributed by atoms with E-state index in [2.05, 4.69) is 20.5 Å². The van der Waals surface area contributed by atoms with Crippen molar-refractivity contribution in [2.24, 2.45) is 0 Å². The number of para-hydroxylation sites is 1. The van der Waals surface area contributed by atoms with Crippen molar-refractivity contribution in [2.75, 3.05) is 5.32 Å². The lowest BCUT2D eigenvalue weighted by Crippen LogP contribution is -2.10. The molecular weight excluding hydrogens is 435 g/mol. The number of hydrogen-bond acceptors (Lipinski definition) is 4. The number of carbonyl (C=O) groups excluding carboxylic acids is 1. The molecule has 4 rings (SSSR count). The number of H-pyrrole nitrogens is 1. The van der Waals surface area contributed by atoms with E-state index in [1.54, 1.807) is 12.4 Å². The van der Waals surface area contributed by atoms with Crippen LogP contribution in [0.15, 0.2) is 54.9 Å². The van der Waals surface area contributed by atoms with Crippen molar-refractivity contribution in [2.45, 2.75) is 26.4 Å². The zero-order chi connectivity index (χ0) is 22.0. The average molecular weight is 455 g/mol.